The van der Waals surface area contributed by atoms with Crippen molar-refractivity contribution in [2.24, 2.45) is 0 Å². The first kappa shape index (κ1) is 13.8. The molecule has 2 rings (SSSR count). The molecule has 0 atom stereocenters. The molecule has 0 spiro atoms. The summed E-state index contributed by atoms with van der Waals surface area (Å²) in [4.78, 5) is 14.6. The van der Waals surface area contributed by atoms with Gasteiger partial charge in [0.15, 0.2) is 0 Å². The standard InChI is InChI=1S/C12H22N6O/c1-3-8-19-12-16-10(13)15-11(17-12)14-9-4-6-18(2)7-5-9/h9H,3-8H2,1-2H3,(H3,13,14,15,16,17). The van der Waals surface area contributed by atoms with Crippen LogP contribution in [-0.2, 0) is 0 Å². The zero-order valence-electron chi connectivity index (χ0n) is 11.6. The number of likely N-dealkylation sites (tertiary alicyclic amines) is 1. The number of nitrogens with zero attached hydrogens (tertiary/aromatic N) is 4. The molecular weight excluding hydrogens is 244 g/mol. The lowest BCUT2D eigenvalue weighted by molar-refractivity contribution is 0.263. The first-order valence-electron chi connectivity index (χ1n) is 6.77. The van der Waals surface area contributed by atoms with Crippen LogP contribution in [0.2, 0.25) is 0 Å². The van der Waals surface area contributed by atoms with Gasteiger partial charge in [0.25, 0.3) is 0 Å². The van der Waals surface area contributed by atoms with Gasteiger partial charge in [0.2, 0.25) is 11.9 Å². The van der Waals surface area contributed by atoms with E-state index in [2.05, 4.69) is 32.2 Å². The Kier molecular flexibility index (Phi) is 4.73. The summed E-state index contributed by atoms with van der Waals surface area (Å²) >= 11 is 0. The van der Waals surface area contributed by atoms with Crippen molar-refractivity contribution in [3.63, 3.8) is 0 Å². The number of hydrogen-bond donors (Lipinski definition) is 2. The molecule has 0 unspecified atom stereocenters. The van der Waals surface area contributed by atoms with E-state index in [-0.39, 0.29) is 5.95 Å². The normalized spacial score (nSPS) is 17.4. The lowest BCUT2D eigenvalue weighted by atomic mass is 10.1. The lowest BCUT2D eigenvalue weighted by Crippen LogP contribution is -2.37. The van der Waals surface area contributed by atoms with Crippen molar-refractivity contribution in [2.45, 2.75) is 32.2 Å². The summed E-state index contributed by atoms with van der Waals surface area (Å²) in [6.45, 7) is 4.77. The molecule has 0 saturated carbocycles. The second-order valence-corrected chi connectivity index (χ2v) is 4.87. The van der Waals surface area contributed by atoms with E-state index < -0.39 is 0 Å². The first-order valence-corrected chi connectivity index (χ1v) is 6.77. The highest BCUT2D eigenvalue weighted by molar-refractivity contribution is 5.33. The molecule has 7 heteroatoms. The summed E-state index contributed by atoms with van der Waals surface area (Å²) < 4.78 is 5.39. The molecule has 7 nitrogen and oxygen atoms in total. The third kappa shape index (κ3) is 4.20. The van der Waals surface area contributed by atoms with Crippen molar-refractivity contribution >= 4 is 11.9 Å². The maximum absolute atomic E-state index is 5.67. The second kappa shape index (κ2) is 6.51. The van der Waals surface area contributed by atoms with Gasteiger partial charge >= 0.3 is 6.01 Å². The number of aromatic nitrogens is 3. The second-order valence-electron chi connectivity index (χ2n) is 4.87. The third-order valence-corrected chi connectivity index (χ3v) is 3.12. The fraction of sp³-hybridized carbons (Fsp3) is 0.750. The molecule has 1 aromatic heterocycles. The van der Waals surface area contributed by atoms with Crippen molar-refractivity contribution in [1.82, 2.24) is 19.9 Å². The van der Waals surface area contributed by atoms with Crippen LogP contribution in [0, 0.1) is 0 Å². The van der Waals surface area contributed by atoms with Gasteiger partial charge in [-0.05, 0) is 39.4 Å². The Bertz CT molecular complexity index is 405. The molecule has 19 heavy (non-hydrogen) atoms. The van der Waals surface area contributed by atoms with Crippen LogP contribution in [0.4, 0.5) is 11.9 Å². The zero-order chi connectivity index (χ0) is 13.7. The van der Waals surface area contributed by atoms with E-state index in [0.29, 0.717) is 24.6 Å². The molecule has 0 bridgehead atoms. The average Bonchev–Trinajstić information content (AvgIpc) is 2.38. The molecule has 0 aromatic carbocycles. The molecule has 1 aromatic rings. The highest BCUT2D eigenvalue weighted by Gasteiger charge is 2.17. The van der Waals surface area contributed by atoms with Crippen molar-refractivity contribution < 1.29 is 4.74 Å². The lowest BCUT2D eigenvalue weighted by Gasteiger charge is -2.29. The number of piperidine rings is 1. The van der Waals surface area contributed by atoms with Crippen LogP contribution in [0.1, 0.15) is 26.2 Å². The van der Waals surface area contributed by atoms with E-state index in [4.69, 9.17) is 10.5 Å². The Balaban J connectivity index is 1.97. The van der Waals surface area contributed by atoms with E-state index >= 15 is 0 Å². The predicted molar refractivity (Wildman–Crippen MR) is 74.2 cm³/mol. The summed E-state index contributed by atoms with van der Waals surface area (Å²) in [6, 6.07) is 0.682. The number of anilines is 2. The largest absolute Gasteiger partial charge is 0.463 e. The maximum atomic E-state index is 5.67. The summed E-state index contributed by atoms with van der Waals surface area (Å²) in [6.07, 6.45) is 3.06. The molecule has 1 aliphatic heterocycles. The van der Waals surface area contributed by atoms with Crippen LogP contribution in [0.3, 0.4) is 0 Å². The Morgan fingerprint density at radius 1 is 1.32 bits per heavy atom. The van der Waals surface area contributed by atoms with Gasteiger partial charge in [0.1, 0.15) is 0 Å². The third-order valence-electron chi connectivity index (χ3n) is 3.12. The van der Waals surface area contributed by atoms with Crippen LogP contribution in [-0.4, -0.2) is 52.6 Å². The number of nitrogens with two attached hydrogens (primary N) is 1. The molecular formula is C12H22N6O. The minimum Gasteiger partial charge on any atom is -0.463 e. The molecule has 0 radical (unpaired) electrons. The van der Waals surface area contributed by atoms with Crippen LogP contribution >= 0.6 is 0 Å². The average molecular weight is 266 g/mol. The van der Waals surface area contributed by atoms with Crippen LogP contribution in [0.25, 0.3) is 0 Å². The van der Waals surface area contributed by atoms with E-state index in [1.807, 2.05) is 6.92 Å². The van der Waals surface area contributed by atoms with Crippen molar-refractivity contribution in [2.75, 3.05) is 37.8 Å². The number of nitrogens with one attached hydrogen (secondary N) is 1. The Morgan fingerprint density at radius 3 is 2.74 bits per heavy atom. The van der Waals surface area contributed by atoms with Gasteiger partial charge in [0, 0.05) is 6.04 Å². The van der Waals surface area contributed by atoms with Gasteiger partial charge in [-0.2, -0.15) is 15.0 Å². The predicted octanol–water partition coefficient (Wildman–Crippen LogP) is 0.749. The smallest absolute Gasteiger partial charge is 0.323 e. The number of hydrogen-bond acceptors (Lipinski definition) is 7. The van der Waals surface area contributed by atoms with Gasteiger partial charge in [0.05, 0.1) is 6.61 Å². The highest BCUT2D eigenvalue weighted by Crippen LogP contribution is 2.15. The van der Waals surface area contributed by atoms with Gasteiger partial charge in [-0.25, -0.2) is 0 Å². The Hall–Kier alpha value is -1.63. The molecule has 0 aliphatic carbocycles. The van der Waals surface area contributed by atoms with Crippen LogP contribution in [0.15, 0.2) is 0 Å². The SMILES string of the molecule is CCCOc1nc(N)nc(NC2CCN(C)CC2)n1. The fourth-order valence-electron chi connectivity index (χ4n) is 2.03. The number of ether oxygens (including phenoxy) is 1. The van der Waals surface area contributed by atoms with E-state index in [1.165, 1.54) is 0 Å². The highest BCUT2D eigenvalue weighted by atomic mass is 16.5. The van der Waals surface area contributed by atoms with Gasteiger partial charge in [-0.15, -0.1) is 0 Å². The topological polar surface area (TPSA) is 89.2 Å². The first-order chi connectivity index (χ1) is 9.17. The summed E-state index contributed by atoms with van der Waals surface area (Å²) in [5.41, 5.74) is 5.67. The number of nitrogen functional groups attached to an aromatic ring is 1. The molecule has 106 valence electrons. The monoisotopic (exact) mass is 266 g/mol. The molecule has 0 amide bonds. The van der Waals surface area contributed by atoms with Gasteiger partial charge in [-0.1, -0.05) is 6.92 Å². The Morgan fingerprint density at radius 2 is 2.05 bits per heavy atom. The number of rotatable bonds is 5. The summed E-state index contributed by atoms with van der Waals surface area (Å²) in [5.74, 6) is 0.699. The quantitative estimate of drug-likeness (QED) is 0.812. The van der Waals surface area contributed by atoms with Gasteiger partial charge in [-0.3, -0.25) is 0 Å². The molecule has 3 N–H and O–H groups in total. The Labute approximate surface area is 113 Å². The van der Waals surface area contributed by atoms with Crippen LogP contribution < -0.4 is 15.8 Å². The van der Waals surface area contributed by atoms with Crippen molar-refractivity contribution in [3.05, 3.63) is 0 Å². The molecule has 1 saturated heterocycles. The summed E-state index contributed by atoms with van der Waals surface area (Å²) in [5, 5.41) is 3.31. The van der Waals surface area contributed by atoms with Gasteiger partial charge < -0.3 is 20.7 Å². The molecule has 2 heterocycles. The van der Waals surface area contributed by atoms with E-state index in [0.717, 1.165) is 32.4 Å². The zero-order valence-corrected chi connectivity index (χ0v) is 11.6. The fourth-order valence-corrected chi connectivity index (χ4v) is 2.03. The van der Waals surface area contributed by atoms with Crippen molar-refractivity contribution in [1.29, 1.82) is 0 Å². The maximum Gasteiger partial charge on any atom is 0.323 e. The minimum atomic E-state index is 0.191. The molecule has 1 fully saturated rings. The summed E-state index contributed by atoms with van der Waals surface area (Å²) in [7, 11) is 2.13. The molecule has 1 aliphatic rings. The van der Waals surface area contributed by atoms with Crippen molar-refractivity contribution in [3.8, 4) is 6.01 Å². The van der Waals surface area contributed by atoms with Crippen LogP contribution in [0.5, 0.6) is 6.01 Å². The van der Waals surface area contributed by atoms with E-state index in [9.17, 15) is 0 Å². The minimum absolute atomic E-state index is 0.191. The van der Waals surface area contributed by atoms with E-state index in [1.54, 1.807) is 0 Å².